The van der Waals surface area contributed by atoms with Gasteiger partial charge in [0, 0.05) is 17.6 Å². The van der Waals surface area contributed by atoms with Gasteiger partial charge in [0.1, 0.15) is 11.1 Å². The molecule has 0 saturated carbocycles. The summed E-state index contributed by atoms with van der Waals surface area (Å²) in [5.41, 5.74) is -2.46. The average Bonchev–Trinajstić information content (AvgIpc) is 3.05. The number of carbonyl (C=O) groups excluding carboxylic acids is 1. The number of nitrogens with zero attached hydrogens (tertiary/aromatic N) is 3. The molecule has 0 unspecified atom stereocenters. The number of benzene rings is 2. The first-order valence-corrected chi connectivity index (χ1v) is 12.9. The summed E-state index contributed by atoms with van der Waals surface area (Å²) in [5.74, 6) is -1.74. The summed E-state index contributed by atoms with van der Waals surface area (Å²) < 4.78 is 49.2. The van der Waals surface area contributed by atoms with Crippen LogP contribution in [0.15, 0.2) is 46.2 Å². The number of nitrogens with one attached hydrogen (secondary N) is 2. The van der Waals surface area contributed by atoms with Gasteiger partial charge in [-0.05, 0) is 52.0 Å². The standard InChI is InChI=1S/C23H25ClFN5O5S/c1-22(2,3)35-21(32)27-19-28-23(4,12-36(33,34)29(19)5)14-7-6-8-16(18(14)25)30-17-11-13(24)9-10-15(17)26-20(30)31/h6-11H,12H2,1-5H3,(H,26,31)(H,27,28,32)/t23-/m0/s1. The molecular weight excluding hydrogens is 513 g/mol. The summed E-state index contributed by atoms with van der Waals surface area (Å²) >= 11 is 6.09. The molecular formula is C23H25ClFN5O5S. The quantitative estimate of drug-likeness (QED) is 0.517. The van der Waals surface area contributed by atoms with Gasteiger partial charge in [0.25, 0.3) is 0 Å². The number of hydrogen-bond acceptors (Lipinski definition) is 6. The average molecular weight is 538 g/mol. The van der Waals surface area contributed by atoms with Crippen molar-refractivity contribution < 1.29 is 22.3 Å². The fourth-order valence-corrected chi connectivity index (χ4v) is 5.62. The van der Waals surface area contributed by atoms with Gasteiger partial charge in [-0.1, -0.05) is 23.7 Å². The predicted octanol–water partition coefficient (Wildman–Crippen LogP) is 3.48. The van der Waals surface area contributed by atoms with Crippen molar-refractivity contribution in [3.63, 3.8) is 0 Å². The van der Waals surface area contributed by atoms with Crippen LogP contribution in [0.5, 0.6) is 0 Å². The Balaban J connectivity index is 1.85. The summed E-state index contributed by atoms with van der Waals surface area (Å²) in [5, 5.41) is 2.69. The highest BCUT2D eigenvalue weighted by Gasteiger charge is 2.43. The maximum Gasteiger partial charge on any atom is 0.414 e. The Labute approximate surface area is 211 Å². The molecule has 36 heavy (non-hydrogen) atoms. The number of fused-ring (bicyclic) bond motifs is 1. The van der Waals surface area contributed by atoms with E-state index >= 15 is 4.39 Å². The van der Waals surface area contributed by atoms with Crippen LogP contribution in [-0.2, 0) is 20.3 Å². The second kappa shape index (κ2) is 8.63. The molecule has 13 heteroatoms. The zero-order valence-corrected chi connectivity index (χ0v) is 21.8. The maximum atomic E-state index is 16.0. The number of amides is 1. The molecule has 0 bridgehead atoms. The third kappa shape index (κ3) is 4.70. The normalized spacial score (nSPS) is 19.8. The first-order valence-electron chi connectivity index (χ1n) is 10.9. The van der Waals surface area contributed by atoms with E-state index in [-0.39, 0.29) is 17.2 Å². The van der Waals surface area contributed by atoms with Crippen LogP contribution in [0.1, 0.15) is 33.3 Å². The van der Waals surface area contributed by atoms with Crippen molar-refractivity contribution in [2.45, 2.75) is 38.8 Å². The highest BCUT2D eigenvalue weighted by atomic mass is 35.5. The van der Waals surface area contributed by atoms with E-state index in [2.05, 4.69) is 15.3 Å². The van der Waals surface area contributed by atoms with E-state index in [1.165, 1.54) is 38.2 Å². The summed E-state index contributed by atoms with van der Waals surface area (Å²) in [6, 6.07) is 8.99. The Bertz CT molecular complexity index is 1570. The molecule has 2 N–H and O–H groups in total. The highest BCUT2D eigenvalue weighted by Crippen LogP contribution is 2.35. The minimum atomic E-state index is -4.01. The molecule has 10 nitrogen and oxygen atoms in total. The number of guanidine groups is 1. The summed E-state index contributed by atoms with van der Waals surface area (Å²) in [4.78, 5) is 32.1. The molecule has 1 aliphatic rings. The molecule has 1 amide bonds. The zero-order valence-electron chi connectivity index (χ0n) is 20.2. The zero-order chi connectivity index (χ0) is 26.6. The van der Waals surface area contributed by atoms with Gasteiger partial charge in [-0.15, -0.1) is 0 Å². The molecule has 0 aliphatic carbocycles. The SMILES string of the molecule is CN1C(NC(=O)OC(C)(C)C)=N[C@](C)(c2cccc(-n3c(=O)[nH]c4ccc(Cl)cc43)c2F)CS1(=O)=O. The number of hydrogen-bond donors (Lipinski definition) is 2. The lowest BCUT2D eigenvalue weighted by molar-refractivity contribution is 0.0559. The van der Waals surface area contributed by atoms with Crippen molar-refractivity contribution in [3.8, 4) is 5.69 Å². The summed E-state index contributed by atoms with van der Waals surface area (Å²) in [7, 11) is -2.78. The number of aliphatic imine (C=N–C) groups is 1. The monoisotopic (exact) mass is 537 g/mol. The lowest BCUT2D eigenvalue weighted by atomic mass is 9.93. The number of aromatic nitrogens is 2. The number of halogens is 2. The van der Waals surface area contributed by atoms with Crippen molar-refractivity contribution in [2.24, 2.45) is 4.99 Å². The smallest absolute Gasteiger partial charge is 0.414 e. The second-order valence-corrected chi connectivity index (χ2v) is 12.1. The molecule has 0 fully saturated rings. The summed E-state index contributed by atoms with van der Waals surface area (Å²) in [6.07, 6.45) is -0.913. The molecule has 0 saturated heterocycles. The Morgan fingerprint density at radius 1 is 1.28 bits per heavy atom. The third-order valence-corrected chi connectivity index (χ3v) is 7.76. The van der Waals surface area contributed by atoms with Gasteiger partial charge < -0.3 is 9.72 Å². The molecule has 1 aliphatic heterocycles. The van der Waals surface area contributed by atoms with Crippen molar-refractivity contribution in [2.75, 3.05) is 12.8 Å². The van der Waals surface area contributed by atoms with E-state index in [9.17, 15) is 18.0 Å². The minimum Gasteiger partial charge on any atom is -0.444 e. The van der Waals surface area contributed by atoms with Crippen LogP contribution in [0, 0.1) is 5.82 Å². The topological polar surface area (TPSA) is 126 Å². The Kier molecular flexibility index (Phi) is 6.16. The van der Waals surface area contributed by atoms with Gasteiger partial charge in [0.05, 0.1) is 22.5 Å². The first-order chi connectivity index (χ1) is 16.6. The van der Waals surface area contributed by atoms with Crippen LogP contribution in [0.25, 0.3) is 16.7 Å². The van der Waals surface area contributed by atoms with Gasteiger partial charge in [-0.25, -0.2) is 31.7 Å². The summed E-state index contributed by atoms with van der Waals surface area (Å²) in [6.45, 7) is 6.40. The number of imidazole rings is 1. The van der Waals surface area contributed by atoms with E-state index in [4.69, 9.17) is 16.3 Å². The molecule has 2 heterocycles. The van der Waals surface area contributed by atoms with Gasteiger partial charge in [-0.3, -0.25) is 9.88 Å². The first kappa shape index (κ1) is 25.7. The van der Waals surface area contributed by atoms with Gasteiger partial charge >= 0.3 is 11.8 Å². The molecule has 1 aromatic heterocycles. The third-order valence-electron chi connectivity index (χ3n) is 5.59. The van der Waals surface area contributed by atoms with E-state index < -0.39 is 44.5 Å². The predicted molar refractivity (Wildman–Crippen MR) is 135 cm³/mol. The second-order valence-electron chi connectivity index (χ2n) is 9.63. The van der Waals surface area contributed by atoms with Crippen molar-refractivity contribution >= 4 is 44.7 Å². The van der Waals surface area contributed by atoms with Crippen LogP contribution >= 0.6 is 11.6 Å². The van der Waals surface area contributed by atoms with E-state index in [0.717, 1.165) is 8.87 Å². The number of aromatic amines is 1. The van der Waals surface area contributed by atoms with Crippen LogP contribution < -0.4 is 11.0 Å². The lowest BCUT2D eigenvalue weighted by Crippen LogP contribution is -2.54. The van der Waals surface area contributed by atoms with Crippen molar-refractivity contribution in [1.29, 1.82) is 0 Å². The number of ether oxygens (including phenoxy) is 1. The largest absolute Gasteiger partial charge is 0.444 e. The molecule has 2 aromatic carbocycles. The molecule has 192 valence electrons. The molecule has 0 radical (unpaired) electrons. The van der Waals surface area contributed by atoms with E-state index in [1.54, 1.807) is 32.9 Å². The fraction of sp³-hybridized carbons (Fsp3) is 0.348. The minimum absolute atomic E-state index is 0.0801. The van der Waals surface area contributed by atoms with Gasteiger partial charge in [-0.2, -0.15) is 0 Å². The van der Waals surface area contributed by atoms with Crippen LogP contribution in [-0.4, -0.2) is 52.7 Å². The highest BCUT2D eigenvalue weighted by molar-refractivity contribution is 7.89. The molecule has 3 aromatic rings. The Hall–Kier alpha value is -3.38. The lowest BCUT2D eigenvalue weighted by Gasteiger charge is -2.36. The number of carbonyl (C=O) groups is 1. The van der Waals surface area contributed by atoms with Crippen LogP contribution in [0.3, 0.4) is 0 Å². The molecule has 1 atom stereocenters. The molecule has 4 rings (SSSR count). The fourth-order valence-electron chi connectivity index (χ4n) is 3.98. The van der Waals surface area contributed by atoms with Gasteiger partial charge in [0.2, 0.25) is 16.0 Å². The van der Waals surface area contributed by atoms with Gasteiger partial charge in [0.15, 0.2) is 5.82 Å². The van der Waals surface area contributed by atoms with Crippen LogP contribution in [0.2, 0.25) is 5.02 Å². The number of H-pyrrole nitrogens is 1. The van der Waals surface area contributed by atoms with Crippen molar-refractivity contribution in [1.82, 2.24) is 19.2 Å². The Morgan fingerprint density at radius 2 is 1.97 bits per heavy atom. The Morgan fingerprint density at radius 3 is 2.64 bits per heavy atom. The van der Waals surface area contributed by atoms with Crippen LogP contribution in [0.4, 0.5) is 9.18 Å². The maximum absolute atomic E-state index is 16.0. The molecule has 0 spiro atoms. The van der Waals surface area contributed by atoms with E-state index in [0.29, 0.717) is 16.1 Å². The number of alkyl carbamates (subject to hydrolysis) is 1. The van der Waals surface area contributed by atoms with E-state index in [1.807, 2.05) is 0 Å². The van der Waals surface area contributed by atoms with Crippen molar-refractivity contribution in [3.05, 3.63) is 63.3 Å². The number of rotatable bonds is 2. The number of sulfonamides is 1.